The molecule has 1 aliphatic heterocycles. The molecule has 7 nitrogen and oxygen atoms in total. The molecule has 0 amide bonds. The summed E-state index contributed by atoms with van der Waals surface area (Å²) in [4.78, 5) is 11.6. The summed E-state index contributed by atoms with van der Waals surface area (Å²) in [6, 6.07) is 2.92. The van der Waals surface area contributed by atoms with Crippen LogP contribution in [0.5, 0.6) is 17.2 Å². The Kier molecular flexibility index (Phi) is 4.69. The number of aromatic nitrogens is 3. The molecule has 4 rings (SSSR count). The van der Waals surface area contributed by atoms with Crippen LogP contribution < -0.4 is 15.2 Å². The molecule has 0 saturated carbocycles. The summed E-state index contributed by atoms with van der Waals surface area (Å²) < 4.78 is 52.3. The van der Waals surface area contributed by atoms with Crippen molar-refractivity contribution in [3.63, 3.8) is 0 Å². The number of hydrogen-bond donors (Lipinski definition) is 2. The highest BCUT2D eigenvalue weighted by Gasteiger charge is 2.39. The number of halogens is 3. The summed E-state index contributed by atoms with van der Waals surface area (Å²) in [7, 11) is 0. The molecule has 3 N–H and O–H groups in total. The SMILES string of the molecule is Cc1nc(-c2c(-c3ccc4c(c3O)OCCCO4)nc(N)nc2C(F)(F)F)cs1. The van der Waals surface area contributed by atoms with Gasteiger partial charge in [-0.15, -0.1) is 11.3 Å². The molecule has 0 atom stereocenters. The normalized spacial score (nSPS) is 13.9. The van der Waals surface area contributed by atoms with Crippen molar-refractivity contribution in [1.82, 2.24) is 15.0 Å². The predicted molar refractivity (Wildman–Crippen MR) is 100.0 cm³/mol. The van der Waals surface area contributed by atoms with Gasteiger partial charge in [0.05, 0.1) is 35.2 Å². The summed E-state index contributed by atoms with van der Waals surface area (Å²) in [5, 5.41) is 12.8. The number of alkyl halides is 3. The van der Waals surface area contributed by atoms with Gasteiger partial charge in [-0.05, 0) is 19.1 Å². The molecular weight excluding hydrogens is 409 g/mol. The van der Waals surface area contributed by atoms with Gasteiger partial charge in [-0.25, -0.2) is 15.0 Å². The summed E-state index contributed by atoms with van der Waals surface area (Å²) in [6.07, 6.45) is -4.20. The van der Waals surface area contributed by atoms with Gasteiger partial charge in [-0.3, -0.25) is 0 Å². The molecule has 3 aromatic rings. The topological polar surface area (TPSA) is 103 Å². The smallest absolute Gasteiger partial charge is 0.434 e. The molecule has 152 valence electrons. The number of rotatable bonds is 2. The molecule has 11 heteroatoms. The molecule has 0 radical (unpaired) electrons. The van der Waals surface area contributed by atoms with E-state index in [1.165, 1.54) is 28.8 Å². The number of thiazole rings is 1. The van der Waals surface area contributed by atoms with Crippen molar-refractivity contribution in [3.05, 3.63) is 28.2 Å². The van der Waals surface area contributed by atoms with Gasteiger partial charge in [0, 0.05) is 17.4 Å². The number of aryl methyl sites for hydroxylation is 1. The number of hydrogen-bond acceptors (Lipinski definition) is 8. The van der Waals surface area contributed by atoms with Gasteiger partial charge >= 0.3 is 6.18 Å². The van der Waals surface area contributed by atoms with Crippen LogP contribution in [0.15, 0.2) is 17.5 Å². The van der Waals surface area contributed by atoms with Crippen LogP contribution in [0.25, 0.3) is 22.5 Å². The predicted octanol–water partition coefficient (Wildman–Crippen LogP) is 4.04. The molecule has 0 aliphatic carbocycles. The van der Waals surface area contributed by atoms with Crippen LogP contribution in [-0.4, -0.2) is 33.3 Å². The van der Waals surface area contributed by atoms with E-state index in [2.05, 4.69) is 15.0 Å². The summed E-state index contributed by atoms with van der Waals surface area (Å²) in [5.41, 5.74) is 3.86. The van der Waals surface area contributed by atoms with Crippen LogP contribution in [0, 0.1) is 6.92 Å². The third-order valence-corrected chi connectivity index (χ3v) is 4.99. The van der Waals surface area contributed by atoms with Crippen molar-refractivity contribution >= 4 is 17.3 Å². The quantitative estimate of drug-likeness (QED) is 0.640. The highest BCUT2D eigenvalue weighted by atomic mass is 32.1. The Morgan fingerprint density at radius 3 is 2.59 bits per heavy atom. The molecule has 2 aromatic heterocycles. The van der Waals surface area contributed by atoms with Gasteiger partial charge in [-0.2, -0.15) is 13.2 Å². The number of phenolic OH excluding ortho intramolecular Hbond substituents is 1. The molecule has 0 unspecified atom stereocenters. The summed E-state index contributed by atoms with van der Waals surface area (Å²) in [6.45, 7) is 2.36. The second-order valence-electron chi connectivity index (χ2n) is 6.24. The Morgan fingerprint density at radius 1 is 1.14 bits per heavy atom. The van der Waals surface area contributed by atoms with Crippen LogP contribution >= 0.6 is 11.3 Å². The molecule has 0 spiro atoms. The van der Waals surface area contributed by atoms with E-state index in [9.17, 15) is 18.3 Å². The minimum absolute atomic E-state index is 0.00880. The maximum Gasteiger partial charge on any atom is 0.434 e. The van der Waals surface area contributed by atoms with E-state index >= 15 is 0 Å². The van der Waals surface area contributed by atoms with E-state index in [4.69, 9.17) is 15.2 Å². The lowest BCUT2D eigenvalue weighted by Crippen LogP contribution is -2.14. The van der Waals surface area contributed by atoms with Crippen molar-refractivity contribution in [2.24, 2.45) is 0 Å². The van der Waals surface area contributed by atoms with Gasteiger partial charge in [0.15, 0.2) is 17.2 Å². The van der Waals surface area contributed by atoms with E-state index in [1.54, 1.807) is 6.92 Å². The van der Waals surface area contributed by atoms with E-state index < -0.39 is 17.8 Å². The van der Waals surface area contributed by atoms with Gasteiger partial charge in [-0.1, -0.05) is 0 Å². The number of phenols is 1. The molecule has 0 bridgehead atoms. The Morgan fingerprint density at radius 2 is 1.90 bits per heavy atom. The monoisotopic (exact) mass is 424 g/mol. The third kappa shape index (κ3) is 3.53. The zero-order valence-corrected chi connectivity index (χ0v) is 15.9. The first-order valence-electron chi connectivity index (χ1n) is 8.55. The molecule has 1 aliphatic rings. The van der Waals surface area contributed by atoms with Crippen molar-refractivity contribution in [2.45, 2.75) is 19.5 Å². The fourth-order valence-electron chi connectivity index (χ4n) is 3.01. The molecule has 29 heavy (non-hydrogen) atoms. The number of nitrogen functional groups attached to an aromatic ring is 1. The number of ether oxygens (including phenoxy) is 2. The van der Waals surface area contributed by atoms with Crippen molar-refractivity contribution in [3.8, 4) is 39.8 Å². The molecule has 0 fully saturated rings. The second kappa shape index (κ2) is 7.07. The molecule has 1 aromatic carbocycles. The number of benzene rings is 1. The van der Waals surface area contributed by atoms with Crippen molar-refractivity contribution < 1.29 is 27.8 Å². The first-order valence-corrected chi connectivity index (χ1v) is 9.43. The van der Waals surface area contributed by atoms with Crippen molar-refractivity contribution in [2.75, 3.05) is 18.9 Å². The van der Waals surface area contributed by atoms with Gasteiger partial charge in [0.25, 0.3) is 0 Å². The number of nitrogens with two attached hydrogens (primary N) is 1. The lowest BCUT2D eigenvalue weighted by atomic mass is 10.00. The van der Waals surface area contributed by atoms with Gasteiger partial charge in [0.1, 0.15) is 0 Å². The maximum absolute atomic E-state index is 13.8. The zero-order valence-electron chi connectivity index (χ0n) is 15.1. The average Bonchev–Trinajstić information content (AvgIpc) is 2.93. The Hall–Kier alpha value is -3.08. The minimum atomic E-state index is -4.81. The van der Waals surface area contributed by atoms with Crippen molar-refractivity contribution in [1.29, 1.82) is 0 Å². The van der Waals surface area contributed by atoms with E-state index in [1.807, 2.05) is 0 Å². The fraction of sp³-hybridized carbons (Fsp3) is 0.278. The highest BCUT2D eigenvalue weighted by Crippen LogP contribution is 2.48. The lowest BCUT2D eigenvalue weighted by Gasteiger charge is -2.17. The number of fused-ring (bicyclic) bond motifs is 1. The van der Waals surface area contributed by atoms with Gasteiger partial charge < -0.3 is 20.3 Å². The van der Waals surface area contributed by atoms with Crippen LogP contribution in [0.3, 0.4) is 0 Å². The minimum Gasteiger partial charge on any atom is -0.504 e. The van der Waals surface area contributed by atoms with Crippen LogP contribution in [-0.2, 0) is 6.18 Å². The average molecular weight is 424 g/mol. The molecular formula is C18H15F3N4O3S. The van der Waals surface area contributed by atoms with E-state index in [-0.39, 0.29) is 34.0 Å². The number of aromatic hydroxyl groups is 1. The van der Waals surface area contributed by atoms with Crippen LogP contribution in [0.2, 0.25) is 0 Å². The Bertz CT molecular complexity index is 1080. The Balaban J connectivity index is 2.02. The first kappa shape index (κ1) is 19.2. The van der Waals surface area contributed by atoms with Gasteiger partial charge in [0.2, 0.25) is 11.7 Å². The summed E-state index contributed by atoms with van der Waals surface area (Å²) in [5.74, 6) is -0.614. The standard InChI is InChI=1S/C18H15F3N4O3S/c1-8-23-10(7-29-8)12-13(24-17(22)25-16(12)18(19,20)21)9-3-4-11-15(14(9)26)28-6-2-5-27-11/h3-4,7,26H,2,5-6H2,1H3,(H2,22,24,25). The third-order valence-electron chi connectivity index (χ3n) is 4.21. The van der Waals surface area contributed by atoms with Crippen LogP contribution in [0.4, 0.5) is 19.1 Å². The van der Waals surface area contributed by atoms with E-state index in [0.717, 1.165) is 0 Å². The van der Waals surface area contributed by atoms with Crippen LogP contribution in [0.1, 0.15) is 17.1 Å². The number of anilines is 1. The second-order valence-corrected chi connectivity index (χ2v) is 7.31. The Labute approximate surface area is 167 Å². The molecule has 0 saturated heterocycles. The maximum atomic E-state index is 13.8. The lowest BCUT2D eigenvalue weighted by molar-refractivity contribution is -0.140. The fourth-order valence-corrected chi connectivity index (χ4v) is 3.61. The first-order chi connectivity index (χ1) is 13.8. The number of nitrogens with zero attached hydrogens (tertiary/aromatic N) is 3. The molecule has 3 heterocycles. The highest BCUT2D eigenvalue weighted by molar-refractivity contribution is 7.09. The summed E-state index contributed by atoms with van der Waals surface area (Å²) >= 11 is 1.18. The largest absolute Gasteiger partial charge is 0.504 e. The zero-order chi connectivity index (χ0) is 20.8. The van der Waals surface area contributed by atoms with E-state index in [0.29, 0.717) is 30.4 Å².